The van der Waals surface area contributed by atoms with Gasteiger partial charge in [0.05, 0.1) is 25.5 Å². The maximum Gasteiger partial charge on any atom is 0.332 e. The number of allylic oxidation sites excluding steroid dienone is 1. The third-order valence-electron chi connectivity index (χ3n) is 5.72. The van der Waals surface area contributed by atoms with Gasteiger partial charge in [-0.25, -0.2) is 9.18 Å². The van der Waals surface area contributed by atoms with Gasteiger partial charge in [-0.15, -0.1) is 0 Å². The molecule has 0 radical (unpaired) electrons. The van der Waals surface area contributed by atoms with Crippen LogP contribution in [-0.2, 0) is 16.0 Å². The SMILES string of the molecule is CCOC(=O)/C=C(\C)N1N=C2c3ccc(OC)cc3CC[C@@H]2[C@H]1c1ccccc1F. The van der Waals surface area contributed by atoms with Crippen LogP contribution in [0.5, 0.6) is 5.75 Å². The number of aryl methyl sites for hydroxylation is 1. The molecule has 30 heavy (non-hydrogen) atoms. The molecular weight excluding hydrogens is 383 g/mol. The van der Waals surface area contributed by atoms with Crippen molar-refractivity contribution in [3.63, 3.8) is 0 Å². The molecule has 0 unspecified atom stereocenters. The highest BCUT2D eigenvalue weighted by Gasteiger charge is 2.43. The van der Waals surface area contributed by atoms with Crippen molar-refractivity contribution in [2.24, 2.45) is 11.0 Å². The van der Waals surface area contributed by atoms with Crippen LogP contribution in [0, 0.1) is 11.7 Å². The van der Waals surface area contributed by atoms with Crippen LogP contribution in [0.3, 0.4) is 0 Å². The molecule has 0 saturated heterocycles. The van der Waals surface area contributed by atoms with E-state index >= 15 is 0 Å². The summed E-state index contributed by atoms with van der Waals surface area (Å²) in [5.74, 6) is 0.135. The lowest BCUT2D eigenvalue weighted by atomic mass is 9.77. The van der Waals surface area contributed by atoms with Gasteiger partial charge in [-0.05, 0) is 56.5 Å². The molecule has 6 heteroatoms. The Morgan fingerprint density at radius 3 is 2.83 bits per heavy atom. The monoisotopic (exact) mass is 408 g/mol. The number of rotatable bonds is 5. The first-order valence-electron chi connectivity index (χ1n) is 10.2. The van der Waals surface area contributed by atoms with E-state index in [-0.39, 0.29) is 17.8 Å². The normalized spacial score (nSPS) is 20.3. The summed E-state index contributed by atoms with van der Waals surface area (Å²) in [5.41, 5.74) is 4.35. The second-order valence-corrected chi connectivity index (χ2v) is 7.50. The van der Waals surface area contributed by atoms with Gasteiger partial charge in [-0.3, -0.25) is 5.01 Å². The first-order valence-corrected chi connectivity index (χ1v) is 10.2. The van der Waals surface area contributed by atoms with Gasteiger partial charge >= 0.3 is 5.97 Å². The Morgan fingerprint density at radius 1 is 1.30 bits per heavy atom. The van der Waals surface area contributed by atoms with Crippen LogP contribution in [-0.4, -0.2) is 30.4 Å². The number of nitrogens with zero attached hydrogens (tertiary/aromatic N) is 2. The van der Waals surface area contributed by atoms with Gasteiger partial charge in [-0.1, -0.05) is 18.2 Å². The van der Waals surface area contributed by atoms with Gasteiger partial charge in [0.2, 0.25) is 0 Å². The van der Waals surface area contributed by atoms with E-state index in [1.54, 1.807) is 38.1 Å². The zero-order valence-corrected chi connectivity index (χ0v) is 17.4. The number of carbonyl (C=O) groups excluding carboxylic acids is 1. The molecule has 0 spiro atoms. The summed E-state index contributed by atoms with van der Waals surface area (Å²) in [6.45, 7) is 3.87. The standard InChI is InChI=1S/C24H25FN2O3/c1-4-30-22(28)13-15(2)27-24(19-7-5-6-8-21(19)25)20-11-9-16-14-17(29-3)10-12-18(16)23(20)26-27/h5-8,10,12-14,20,24H,4,9,11H2,1-3H3/b15-13+/t20-,24+/m0/s1. The molecule has 4 rings (SSSR count). The molecule has 0 saturated carbocycles. The van der Waals surface area contributed by atoms with Gasteiger partial charge in [0.25, 0.3) is 0 Å². The molecule has 2 atom stereocenters. The first-order chi connectivity index (χ1) is 14.5. The molecule has 2 aliphatic rings. The fourth-order valence-electron chi connectivity index (χ4n) is 4.37. The Kier molecular flexibility index (Phi) is 5.57. The van der Waals surface area contributed by atoms with E-state index in [2.05, 4.69) is 0 Å². The maximum atomic E-state index is 14.8. The highest BCUT2D eigenvalue weighted by Crippen LogP contribution is 2.45. The van der Waals surface area contributed by atoms with E-state index in [9.17, 15) is 9.18 Å². The van der Waals surface area contributed by atoms with Crippen LogP contribution >= 0.6 is 0 Å². The number of hydrogen-bond acceptors (Lipinski definition) is 5. The third kappa shape index (κ3) is 3.58. The molecule has 1 aliphatic carbocycles. The van der Waals surface area contributed by atoms with Gasteiger partial charge < -0.3 is 9.47 Å². The van der Waals surface area contributed by atoms with E-state index in [1.165, 1.54) is 17.7 Å². The Hall–Kier alpha value is -3.15. The van der Waals surface area contributed by atoms with Crippen LogP contribution in [0.4, 0.5) is 4.39 Å². The smallest absolute Gasteiger partial charge is 0.332 e. The molecular formula is C24H25FN2O3. The lowest BCUT2D eigenvalue weighted by Gasteiger charge is -2.31. The van der Waals surface area contributed by atoms with Gasteiger partial charge in [-0.2, -0.15) is 5.10 Å². The Bertz CT molecular complexity index is 1030. The van der Waals surface area contributed by atoms with Gasteiger partial charge in [0, 0.05) is 28.8 Å². The molecule has 0 amide bonds. The van der Waals surface area contributed by atoms with E-state index in [0.717, 1.165) is 29.9 Å². The Balaban J connectivity index is 1.80. The van der Waals surface area contributed by atoms with Crippen molar-refractivity contribution in [2.45, 2.75) is 32.7 Å². The molecule has 0 aromatic heterocycles. The average Bonchev–Trinajstić information content (AvgIpc) is 3.13. The number of fused-ring (bicyclic) bond motifs is 3. The van der Waals surface area contributed by atoms with Crippen molar-refractivity contribution < 1.29 is 18.7 Å². The van der Waals surface area contributed by atoms with Crippen molar-refractivity contribution >= 4 is 11.7 Å². The van der Waals surface area contributed by atoms with E-state index < -0.39 is 5.97 Å². The minimum absolute atomic E-state index is 0.0216. The second kappa shape index (κ2) is 8.30. The summed E-state index contributed by atoms with van der Waals surface area (Å²) in [5, 5.41) is 6.66. The molecule has 2 aromatic carbocycles. The molecule has 0 N–H and O–H groups in total. The van der Waals surface area contributed by atoms with E-state index in [4.69, 9.17) is 14.6 Å². The fourth-order valence-corrected chi connectivity index (χ4v) is 4.37. The number of hydrazone groups is 1. The minimum Gasteiger partial charge on any atom is -0.497 e. The van der Waals surface area contributed by atoms with Crippen molar-refractivity contribution in [1.29, 1.82) is 0 Å². The summed E-state index contributed by atoms with van der Waals surface area (Å²) < 4.78 is 25.2. The number of benzene rings is 2. The quantitative estimate of drug-likeness (QED) is 0.535. The highest BCUT2D eigenvalue weighted by molar-refractivity contribution is 6.06. The van der Waals surface area contributed by atoms with Crippen molar-refractivity contribution in [3.05, 3.63) is 76.7 Å². The van der Waals surface area contributed by atoms with Crippen LogP contribution in [0.25, 0.3) is 0 Å². The van der Waals surface area contributed by atoms with Crippen molar-refractivity contribution in [2.75, 3.05) is 13.7 Å². The summed E-state index contributed by atoms with van der Waals surface area (Å²) in [6, 6.07) is 12.4. The lowest BCUT2D eigenvalue weighted by molar-refractivity contribution is -0.137. The predicted octanol–water partition coefficient (Wildman–Crippen LogP) is 4.62. The molecule has 0 fully saturated rings. The minimum atomic E-state index is -0.428. The van der Waals surface area contributed by atoms with E-state index in [1.807, 2.05) is 24.3 Å². The Morgan fingerprint density at radius 2 is 2.10 bits per heavy atom. The van der Waals surface area contributed by atoms with Gasteiger partial charge in [0.15, 0.2) is 0 Å². The van der Waals surface area contributed by atoms with Crippen molar-refractivity contribution in [3.8, 4) is 5.75 Å². The number of ether oxygens (including phenoxy) is 2. The molecule has 156 valence electrons. The molecule has 1 aliphatic heterocycles. The van der Waals surface area contributed by atoms with Crippen molar-refractivity contribution in [1.82, 2.24) is 5.01 Å². The number of hydrogen-bond donors (Lipinski definition) is 0. The molecule has 5 nitrogen and oxygen atoms in total. The largest absolute Gasteiger partial charge is 0.497 e. The zero-order chi connectivity index (χ0) is 21.3. The van der Waals surface area contributed by atoms with Crippen LogP contribution < -0.4 is 4.74 Å². The number of carbonyl (C=O) groups is 1. The molecule has 1 heterocycles. The highest BCUT2D eigenvalue weighted by atomic mass is 19.1. The summed E-state index contributed by atoms with van der Waals surface area (Å²) in [6.07, 6.45) is 3.12. The van der Waals surface area contributed by atoms with Gasteiger partial charge in [0.1, 0.15) is 11.6 Å². The number of esters is 1. The fraction of sp³-hybridized carbons (Fsp3) is 0.333. The first kappa shape index (κ1) is 20.1. The third-order valence-corrected chi connectivity index (χ3v) is 5.72. The predicted molar refractivity (Wildman–Crippen MR) is 113 cm³/mol. The van der Waals surface area contributed by atoms with Crippen LogP contribution in [0.2, 0.25) is 0 Å². The summed E-state index contributed by atoms with van der Waals surface area (Å²) in [4.78, 5) is 12.0. The zero-order valence-electron chi connectivity index (χ0n) is 17.4. The number of methoxy groups -OCH3 is 1. The van der Waals surface area contributed by atoms with Crippen LogP contribution in [0.15, 0.2) is 59.3 Å². The topological polar surface area (TPSA) is 51.1 Å². The van der Waals surface area contributed by atoms with E-state index in [0.29, 0.717) is 17.9 Å². The lowest BCUT2D eigenvalue weighted by Crippen LogP contribution is -2.29. The molecule has 0 bridgehead atoms. The second-order valence-electron chi connectivity index (χ2n) is 7.50. The summed E-state index contributed by atoms with van der Waals surface area (Å²) >= 11 is 0. The maximum absolute atomic E-state index is 14.8. The average molecular weight is 408 g/mol. The molecule has 2 aromatic rings. The Labute approximate surface area is 175 Å². The summed E-state index contributed by atoms with van der Waals surface area (Å²) in [7, 11) is 1.65. The number of halogens is 1. The van der Waals surface area contributed by atoms with Crippen LogP contribution in [0.1, 0.15) is 43.0 Å².